The van der Waals surface area contributed by atoms with Crippen molar-refractivity contribution >= 4 is 0 Å². The molecule has 1 atom stereocenters. The molecule has 0 aliphatic rings. The van der Waals surface area contributed by atoms with E-state index in [9.17, 15) is 0 Å². The van der Waals surface area contributed by atoms with Crippen LogP contribution in [0, 0.1) is 0 Å². The monoisotopic (exact) mass is 199 g/mol. The first-order valence-corrected chi connectivity index (χ1v) is 4.82. The normalized spacial score (nSPS) is 13.1. The molecule has 0 spiro atoms. The van der Waals surface area contributed by atoms with E-state index in [-0.39, 0.29) is 6.04 Å². The summed E-state index contributed by atoms with van der Waals surface area (Å²) in [5, 5.41) is 7.05. The summed E-state index contributed by atoms with van der Waals surface area (Å²) < 4.78 is 9.97. The van der Waals surface area contributed by atoms with Crippen molar-refractivity contribution < 1.29 is 9.26 Å². The summed E-state index contributed by atoms with van der Waals surface area (Å²) in [7, 11) is 1.61. The molecule has 0 radical (unpaired) electrons. The Labute approximate surface area is 83.8 Å². The van der Waals surface area contributed by atoms with E-state index in [0.717, 1.165) is 13.0 Å². The van der Waals surface area contributed by atoms with Crippen LogP contribution in [0.1, 0.15) is 38.0 Å². The highest BCUT2D eigenvalue weighted by Crippen LogP contribution is 2.09. The third-order valence-corrected chi connectivity index (χ3v) is 1.83. The minimum absolute atomic E-state index is 0.105. The van der Waals surface area contributed by atoms with Crippen LogP contribution in [0.4, 0.5) is 0 Å². The van der Waals surface area contributed by atoms with Gasteiger partial charge in [0.25, 0.3) is 0 Å². The third kappa shape index (κ3) is 3.08. The van der Waals surface area contributed by atoms with E-state index in [1.54, 1.807) is 7.11 Å². The van der Waals surface area contributed by atoms with Gasteiger partial charge in [-0.1, -0.05) is 12.1 Å². The van der Waals surface area contributed by atoms with E-state index in [2.05, 4.69) is 22.4 Å². The maximum absolute atomic E-state index is 5.07. The molecule has 1 aromatic heterocycles. The Morgan fingerprint density at radius 1 is 1.57 bits per heavy atom. The quantitative estimate of drug-likeness (QED) is 0.747. The second kappa shape index (κ2) is 5.72. The number of ether oxygens (including phenoxy) is 1. The van der Waals surface area contributed by atoms with Gasteiger partial charge in [0, 0.05) is 7.11 Å². The topological polar surface area (TPSA) is 60.2 Å². The molecule has 5 nitrogen and oxygen atoms in total. The summed E-state index contributed by atoms with van der Waals surface area (Å²) in [6.07, 6.45) is 1.09. The molecular formula is C9H17N3O2. The van der Waals surface area contributed by atoms with Crippen molar-refractivity contribution in [1.29, 1.82) is 0 Å². The number of nitrogens with one attached hydrogen (secondary N) is 1. The first kappa shape index (κ1) is 11.1. The molecule has 5 heteroatoms. The molecule has 0 saturated carbocycles. The van der Waals surface area contributed by atoms with E-state index in [1.165, 1.54) is 0 Å². The Morgan fingerprint density at radius 2 is 2.36 bits per heavy atom. The molecule has 1 N–H and O–H groups in total. The van der Waals surface area contributed by atoms with Gasteiger partial charge in [-0.2, -0.15) is 4.98 Å². The van der Waals surface area contributed by atoms with Crippen LogP contribution < -0.4 is 5.32 Å². The van der Waals surface area contributed by atoms with Crippen molar-refractivity contribution in [3.63, 3.8) is 0 Å². The molecule has 1 heterocycles. The van der Waals surface area contributed by atoms with Gasteiger partial charge >= 0.3 is 0 Å². The summed E-state index contributed by atoms with van der Waals surface area (Å²) >= 11 is 0. The average molecular weight is 199 g/mol. The molecule has 80 valence electrons. The Kier molecular flexibility index (Phi) is 4.55. The predicted octanol–water partition coefficient (Wildman–Crippen LogP) is 1.28. The van der Waals surface area contributed by atoms with Crippen molar-refractivity contribution in [2.45, 2.75) is 32.9 Å². The maximum atomic E-state index is 5.07. The van der Waals surface area contributed by atoms with E-state index in [4.69, 9.17) is 9.26 Å². The zero-order chi connectivity index (χ0) is 10.4. The Balaban J connectivity index is 2.48. The van der Waals surface area contributed by atoms with Crippen molar-refractivity contribution in [1.82, 2.24) is 15.5 Å². The SMILES string of the molecule is CCCNC(C)c1nc(COC)no1. The minimum Gasteiger partial charge on any atom is -0.377 e. The number of aromatic nitrogens is 2. The van der Waals surface area contributed by atoms with Crippen molar-refractivity contribution in [2.75, 3.05) is 13.7 Å². The van der Waals surface area contributed by atoms with Gasteiger partial charge in [0.1, 0.15) is 6.61 Å². The first-order valence-electron chi connectivity index (χ1n) is 4.82. The Hall–Kier alpha value is -0.940. The van der Waals surface area contributed by atoms with Gasteiger partial charge in [-0.15, -0.1) is 0 Å². The number of rotatable bonds is 6. The lowest BCUT2D eigenvalue weighted by molar-refractivity contribution is 0.174. The number of methoxy groups -OCH3 is 1. The van der Waals surface area contributed by atoms with E-state index < -0.39 is 0 Å². The zero-order valence-electron chi connectivity index (χ0n) is 8.91. The fourth-order valence-corrected chi connectivity index (χ4v) is 1.08. The van der Waals surface area contributed by atoms with Gasteiger partial charge in [0.2, 0.25) is 5.89 Å². The van der Waals surface area contributed by atoms with Crippen LogP contribution in [0.5, 0.6) is 0 Å². The lowest BCUT2D eigenvalue weighted by atomic mass is 10.3. The molecule has 0 saturated heterocycles. The third-order valence-electron chi connectivity index (χ3n) is 1.83. The minimum atomic E-state index is 0.105. The molecule has 1 aromatic rings. The molecule has 0 aromatic carbocycles. The highest BCUT2D eigenvalue weighted by molar-refractivity contribution is 4.90. The molecule has 0 aliphatic heterocycles. The maximum Gasteiger partial charge on any atom is 0.243 e. The number of hydrogen-bond acceptors (Lipinski definition) is 5. The molecule has 0 fully saturated rings. The molecule has 0 amide bonds. The largest absolute Gasteiger partial charge is 0.377 e. The van der Waals surface area contributed by atoms with Crippen molar-refractivity contribution in [3.8, 4) is 0 Å². The van der Waals surface area contributed by atoms with E-state index in [1.807, 2.05) is 6.92 Å². The highest BCUT2D eigenvalue weighted by atomic mass is 16.5. The van der Waals surface area contributed by atoms with Gasteiger partial charge in [-0.05, 0) is 19.9 Å². The van der Waals surface area contributed by atoms with Crippen LogP contribution in [-0.4, -0.2) is 23.8 Å². The fourth-order valence-electron chi connectivity index (χ4n) is 1.08. The molecular weight excluding hydrogens is 182 g/mol. The lowest BCUT2D eigenvalue weighted by Gasteiger charge is -2.06. The summed E-state index contributed by atoms with van der Waals surface area (Å²) in [5.41, 5.74) is 0. The van der Waals surface area contributed by atoms with Crippen LogP contribution in [0.2, 0.25) is 0 Å². The van der Waals surface area contributed by atoms with Gasteiger partial charge < -0.3 is 14.6 Å². The summed E-state index contributed by atoms with van der Waals surface area (Å²) in [4.78, 5) is 4.19. The van der Waals surface area contributed by atoms with E-state index in [0.29, 0.717) is 18.3 Å². The summed E-state index contributed by atoms with van der Waals surface area (Å²) in [6.45, 7) is 5.46. The van der Waals surface area contributed by atoms with Gasteiger partial charge in [-0.25, -0.2) is 0 Å². The number of hydrogen-bond donors (Lipinski definition) is 1. The molecule has 0 bridgehead atoms. The second-order valence-electron chi connectivity index (χ2n) is 3.16. The van der Waals surface area contributed by atoms with Crippen LogP contribution >= 0.6 is 0 Å². The van der Waals surface area contributed by atoms with Crippen LogP contribution in [0.3, 0.4) is 0 Å². The standard InChI is InChI=1S/C9H17N3O2/c1-4-5-10-7(2)9-11-8(6-13-3)12-14-9/h7,10H,4-6H2,1-3H3. The zero-order valence-corrected chi connectivity index (χ0v) is 8.91. The van der Waals surface area contributed by atoms with Gasteiger partial charge in [0.15, 0.2) is 5.82 Å². The smallest absolute Gasteiger partial charge is 0.243 e. The molecule has 0 aliphatic carbocycles. The predicted molar refractivity (Wildman–Crippen MR) is 51.7 cm³/mol. The molecule has 14 heavy (non-hydrogen) atoms. The first-order chi connectivity index (χ1) is 6.77. The van der Waals surface area contributed by atoms with Crippen molar-refractivity contribution in [2.24, 2.45) is 0 Å². The Bertz CT molecular complexity index is 262. The molecule has 1 rings (SSSR count). The second-order valence-corrected chi connectivity index (χ2v) is 3.16. The molecule has 1 unspecified atom stereocenters. The van der Waals surface area contributed by atoms with Crippen molar-refractivity contribution in [3.05, 3.63) is 11.7 Å². The van der Waals surface area contributed by atoms with Crippen LogP contribution in [0.15, 0.2) is 4.52 Å². The highest BCUT2D eigenvalue weighted by Gasteiger charge is 2.12. The lowest BCUT2D eigenvalue weighted by Crippen LogP contribution is -2.19. The average Bonchev–Trinajstić information content (AvgIpc) is 2.63. The Morgan fingerprint density at radius 3 is 3.00 bits per heavy atom. The van der Waals surface area contributed by atoms with Gasteiger partial charge in [-0.3, -0.25) is 0 Å². The van der Waals surface area contributed by atoms with Crippen LogP contribution in [0.25, 0.3) is 0 Å². The number of nitrogens with zero attached hydrogens (tertiary/aromatic N) is 2. The van der Waals surface area contributed by atoms with Gasteiger partial charge in [0.05, 0.1) is 6.04 Å². The summed E-state index contributed by atoms with van der Waals surface area (Å²) in [5.74, 6) is 1.21. The summed E-state index contributed by atoms with van der Waals surface area (Å²) in [6, 6.07) is 0.105. The van der Waals surface area contributed by atoms with E-state index >= 15 is 0 Å². The fraction of sp³-hybridized carbons (Fsp3) is 0.778. The van der Waals surface area contributed by atoms with Crippen LogP contribution in [-0.2, 0) is 11.3 Å².